The molecule has 0 spiro atoms. The Bertz CT molecular complexity index is 535. The van der Waals surface area contributed by atoms with Crippen LogP contribution in [-0.4, -0.2) is 5.11 Å². The number of aliphatic hydroxyl groups is 1. The summed E-state index contributed by atoms with van der Waals surface area (Å²) in [5.74, 6) is 5.77. The summed E-state index contributed by atoms with van der Waals surface area (Å²) in [6, 6.07) is 17.1. The van der Waals surface area contributed by atoms with Crippen molar-refractivity contribution in [3.8, 4) is 11.8 Å². The Morgan fingerprint density at radius 3 is 2.24 bits per heavy atom. The van der Waals surface area contributed by atoms with Crippen LogP contribution >= 0.6 is 15.9 Å². The number of rotatable bonds is 1. The molecule has 1 unspecified atom stereocenters. The smallest absolute Gasteiger partial charge is 0.140 e. The molecular formula is C15H11BrO. The zero-order valence-electron chi connectivity index (χ0n) is 9.10. The van der Waals surface area contributed by atoms with Crippen LogP contribution < -0.4 is 0 Å². The molecule has 0 aromatic heterocycles. The second-order valence-corrected chi connectivity index (χ2v) is 4.51. The fraction of sp³-hybridized carbons (Fsp3) is 0.0667. The Morgan fingerprint density at radius 2 is 1.59 bits per heavy atom. The van der Waals surface area contributed by atoms with Gasteiger partial charge < -0.3 is 5.11 Å². The number of aliphatic hydroxyl groups excluding tert-OH is 1. The average Bonchev–Trinajstić information content (AvgIpc) is 2.38. The van der Waals surface area contributed by atoms with Crippen LogP contribution in [-0.2, 0) is 0 Å². The molecule has 0 radical (unpaired) electrons. The SMILES string of the molecule is OC(C#Cc1ccccc1)c1ccc(Br)cc1. The van der Waals surface area contributed by atoms with Gasteiger partial charge in [0.2, 0.25) is 0 Å². The van der Waals surface area contributed by atoms with Crippen molar-refractivity contribution in [1.82, 2.24) is 0 Å². The molecule has 0 fully saturated rings. The van der Waals surface area contributed by atoms with E-state index < -0.39 is 6.10 Å². The Morgan fingerprint density at radius 1 is 0.941 bits per heavy atom. The lowest BCUT2D eigenvalue weighted by Gasteiger charge is -2.02. The molecule has 84 valence electrons. The van der Waals surface area contributed by atoms with E-state index in [4.69, 9.17) is 0 Å². The van der Waals surface area contributed by atoms with Crippen molar-refractivity contribution >= 4 is 15.9 Å². The standard InChI is InChI=1S/C15H11BrO/c16-14-9-7-13(8-10-14)15(17)11-6-12-4-2-1-3-5-12/h1-5,7-10,15,17H. The summed E-state index contributed by atoms with van der Waals surface area (Å²) >= 11 is 3.35. The van der Waals surface area contributed by atoms with Crippen LogP contribution in [0, 0.1) is 11.8 Å². The van der Waals surface area contributed by atoms with E-state index in [1.807, 2.05) is 54.6 Å². The van der Waals surface area contributed by atoms with Crippen molar-refractivity contribution in [3.63, 3.8) is 0 Å². The zero-order valence-corrected chi connectivity index (χ0v) is 10.7. The number of hydrogen-bond donors (Lipinski definition) is 1. The number of benzene rings is 2. The van der Waals surface area contributed by atoms with Gasteiger partial charge in [0.25, 0.3) is 0 Å². The third-order valence-electron chi connectivity index (χ3n) is 2.31. The van der Waals surface area contributed by atoms with Crippen LogP contribution in [0.3, 0.4) is 0 Å². The Kier molecular flexibility index (Phi) is 3.98. The van der Waals surface area contributed by atoms with E-state index in [2.05, 4.69) is 27.8 Å². The Hall–Kier alpha value is -1.56. The quantitative estimate of drug-likeness (QED) is 0.795. The van der Waals surface area contributed by atoms with Crippen molar-refractivity contribution in [2.24, 2.45) is 0 Å². The fourth-order valence-electron chi connectivity index (χ4n) is 1.40. The van der Waals surface area contributed by atoms with Gasteiger partial charge in [0.05, 0.1) is 0 Å². The van der Waals surface area contributed by atoms with Gasteiger partial charge >= 0.3 is 0 Å². The maximum absolute atomic E-state index is 9.88. The first-order chi connectivity index (χ1) is 8.25. The summed E-state index contributed by atoms with van der Waals surface area (Å²) in [4.78, 5) is 0. The van der Waals surface area contributed by atoms with E-state index in [1.165, 1.54) is 0 Å². The Balaban J connectivity index is 2.15. The first kappa shape index (κ1) is 11.9. The molecule has 2 heteroatoms. The van der Waals surface area contributed by atoms with E-state index in [9.17, 15) is 5.11 Å². The second kappa shape index (κ2) is 5.67. The minimum absolute atomic E-state index is 0.747. The summed E-state index contributed by atoms with van der Waals surface area (Å²) < 4.78 is 0.990. The van der Waals surface area contributed by atoms with Crippen molar-refractivity contribution in [2.45, 2.75) is 6.10 Å². The first-order valence-corrected chi connectivity index (χ1v) is 6.05. The van der Waals surface area contributed by atoms with E-state index in [1.54, 1.807) is 0 Å². The third kappa shape index (κ3) is 3.45. The van der Waals surface area contributed by atoms with Crippen molar-refractivity contribution in [2.75, 3.05) is 0 Å². The molecule has 2 aromatic rings. The van der Waals surface area contributed by atoms with E-state index in [0.29, 0.717) is 0 Å². The third-order valence-corrected chi connectivity index (χ3v) is 2.84. The topological polar surface area (TPSA) is 20.2 Å². The van der Waals surface area contributed by atoms with Gasteiger partial charge in [-0.2, -0.15) is 0 Å². The lowest BCUT2D eigenvalue weighted by Crippen LogP contribution is -1.92. The molecule has 0 saturated carbocycles. The van der Waals surface area contributed by atoms with Gasteiger partial charge in [0, 0.05) is 10.0 Å². The predicted molar refractivity (Wildman–Crippen MR) is 72.4 cm³/mol. The monoisotopic (exact) mass is 286 g/mol. The minimum atomic E-state index is -0.747. The minimum Gasteiger partial charge on any atom is -0.376 e. The normalized spacial score (nSPS) is 11.4. The predicted octanol–water partition coefficient (Wildman–Crippen LogP) is 3.53. The van der Waals surface area contributed by atoms with Gasteiger partial charge in [-0.05, 0) is 29.8 Å². The van der Waals surface area contributed by atoms with Crippen LogP contribution in [0.15, 0.2) is 59.1 Å². The molecule has 0 saturated heterocycles. The lowest BCUT2D eigenvalue weighted by atomic mass is 10.1. The van der Waals surface area contributed by atoms with Gasteiger partial charge in [-0.25, -0.2) is 0 Å². The fourth-order valence-corrected chi connectivity index (χ4v) is 1.67. The largest absolute Gasteiger partial charge is 0.376 e. The summed E-state index contributed by atoms with van der Waals surface area (Å²) in [5, 5.41) is 9.88. The molecule has 0 bridgehead atoms. The highest BCUT2D eigenvalue weighted by Crippen LogP contribution is 2.16. The van der Waals surface area contributed by atoms with Gasteiger partial charge in [-0.3, -0.25) is 0 Å². The summed E-state index contributed by atoms with van der Waals surface area (Å²) in [7, 11) is 0. The maximum atomic E-state index is 9.88. The van der Waals surface area contributed by atoms with Gasteiger partial charge in [0.1, 0.15) is 6.10 Å². The molecule has 0 aliphatic heterocycles. The van der Waals surface area contributed by atoms with Crippen LogP contribution in [0.1, 0.15) is 17.2 Å². The molecule has 0 aliphatic rings. The van der Waals surface area contributed by atoms with Gasteiger partial charge in [-0.1, -0.05) is 58.1 Å². The molecule has 1 nitrogen and oxygen atoms in total. The number of hydrogen-bond acceptors (Lipinski definition) is 1. The second-order valence-electron chi connectivity index (χ2n) is 3.59. The summed E-state index contributed by atoms with van der Waals surface area (Å²) in [6.45, 7) is 0. The molecule has 0 aliphatic carbocycles. The molecule has 0 amide bonds. The lowest BCUT2D eigenvalue weighted by molar-refractivity contribution is 0.238. The van der Waals surface area contributed by atoms with Crippen molar-refractivity contribution in [3.05, 3.63) is 70.2 Å². The van der Waals surface area contributed by atoms with Gasteiger partial charge in [-0.15, -0.1) is 0 Å². The highest BCUT2D eigenvalue weighted by atomic mass is 79.9. The van der Waals surface area contributed by atoms with Crippen LogP contribution in [0.2, 0.25) is 0 Å². The maximum Gasteiger partial charge on any atom is 0.140 e. The molecular weight excluding hydrogens is 276 g/mol. The van der Waals surface area contributed by atoms with Gasteiger partial charge in [0.15, 0.2) is 0 Å². The highest BCUT2D eigenvalue weighted by Gasteiger charge is 2.02. The highest BCUT2D eigenvalue weighted by molar-refractivity contribution is 9.10. The van der Waals surface area contributed by atoms with Crippen LogP contribution in [0.5, 0.6) is 0 Å². The molecule has 17 heavy (non-hydrogen) atoms. The van der Waals surface area contributed by atoms with E-state index in [-0.39, 0.29) is 0 Å². The van der Waals surface area contributed by atoms with Crippen LogP contribution in [0.4, 0.5) is 0 Å². The zero-order chi connectivity index (χ0) is 12.1. The number of halogens is 1. The van der Waals surface area contributed by atoms with Crippen molar-refractivity contribution in [1.29, 1.82) is 0 Å². The average molecular weight is 287 g/mol. The first-order valence-electron chi connectivity index (χ1n) is 5.26. The molecule has 1 atom stereocenters. The van der Waals surface area contributed by atoms with Crippen molar-refractivity contribution < 1.29 is 5.11 Å². The Labute approximate surface area is 109 Å². The van der Waals surface area contributed by atoms with E-state index in [0.717, 1.165) is 15.6 Å². The molecule has 1 N–H and O–H groups in total. The molecule has 2 rings (SSSR count). The van der Waals surface area contributed by atoms with E-state index >= 15 is 0 Å². The molecule has 0 heterocycles. The van der Waals surface area contributed by atoms with Crippen LogP contribution in [0.25, 0.3) is 0 Å². The molecule has 2 aromatic carbocycles. The summed E-state index contributed by atoms with van der Waals surface area (Å²) in [6.07, 6.45) is -0.747. The summed E-state index contributed by atoms with van der Waals surface area (Å²) in [5.41, 5.74) is 1.71.